The van der Waals surface area contributed by atoms with Crippen LogP contribution in [0.2, 0.25) is 0 Å². The Hall–Kier alpha value is -3.07. The maximum Gasteiger partial charge on any atom is 0.355 e. The van der Waals surface area contributed by atoms with Crippen LogP contribution in [-0.2, 0) is 11.3 Å². The third-order valence-corrected chi connectivity index (χ3v) is 3.92. The van der Waals surface area contributed by atoms with Crippen LogP contribution in [0.25, 0.3) is 21.7 Å². The first kappa shape index (κ1) is 13.6. The van der Waals surface area contributed by atoms with E-state index in [0.29, 0.717) is 5.69 Å². The smallest absolute Gasteiger partial charge is 0.355 e. The van der Waals surface area contributed by atoms with Crippen molar-refractivity contribution < 1.29 is 9.53 Å². The predicted octanol–water partition coefficient (Wildman–Crippen LogP) is 4.68. The Morgan fingerprint density at radius 2 is 1.52 bits per heavy atom. The highest BCUT2D eigenvalue weighted by Gasteiger charge is 2.11. The Balaban J connectivity index is 1.60. The van der Waals surface area contributed by atoms with E-state index in [2.05, 4.69) is 29.2 Å². The maximum absolute atomic E-state index is 12.2. The van der Waals surface area contributed by atoms with Gasteiger partial charge in [0.15, 0.2) is 0 Å². The SMILES string of the molecule is O=C(OCc1ccccc1)c1cc2cc3ccccc3cc2[nH]1. The Morgan fingerprint density at radius 1 is 0.826 bits per heavy atom. The molecule has 0 amide bonds. The Morgan fingerprint density at radius 3 is 2.30 bits per heavy atom. The number of rotatable bonds is 3. The molecule has 0 fully saturated rings. The van der Waals surface area contributed by atoms with Crippen LogP contribution in [0.3, 0.4) is 0 Å². The van der Waals surface area contributed by atoms with Crippen LogP contribution in [0.1, 0.15) is 16.1 Å². The number of carbonyl (C=O) groups is 1. The summed E-state index contributed by atoms with van der Waals surface area (Å²) < 4.78 is 5.37. The highest BCUT2D eigenvalue weighted by atomic mass is 16.5. The van der Waals surface area contributed by atoms with E-state index in [1.807, 2.05) is 48.5 Å². The zero-order valence-electron chi connectivity index (χ0n) is 12.5. The van der Waals surface area contributed by atoms with Crippen molar-refractivity contribution in [2.24, 2.45) is 0 Å². The molecule has 4 aromatic rings. The fraction of sp³-hybridized carbons (Fsp3) is 0.0500. The fourth-order valence-corrected chi connectivity index (χ4v) is 2.73. The van der Waals surface area contributed by atoms with Gasteiger partial charge in [0, 0.05) is 10.9 Å². The lowest BCUT2D eigenvalue weighted by molar-refractivity contribution is 0.0467. The number of aromatic nitrogens is 1. The van der Waals surface area contributed by atoms with Gasteiger partial charge >= 0.3 is 5.97 Å². The van der Waals surface area contributed by atoms with Crippen LogP contribution in [-0.4, -0.2) is 11.0 Å². The van der Waals surface area contributed by atoms with Crippen LogP contribution >= 0.6 is 0 Å². The Bertz CT molecular complexity index is 934. The van der Waals surface area contributed by atoms with Gasteiger partial charge in [0.05, 0.1) is 0 Å². The predicted molar refractivity (Wildman–Crippen MR) is 91.4 cm³/mol. The van der Waals surface area contributed by atoms with Crippen molar-refractivity contribution in [3.8, 4) is 0 Å². The first-order chi connectivity index (χ1) is 11.3. The Kier molecular flexibility index (Phi) is 3.31. The number of hydrogen-bond donors (Lipinski definition) is 1. The Labute approximate surface area is 133 Å². The first-order valence-electron chi connectivity index (χ1n) is 7.52. The molecule has 0 bridgehead atoms. The van der Waals surface area contributed by atoms with Gasteiger partial charge in [-0.15, -0.1) is 0 Å². The van der Waals surface area contributed by atoms with Crippen LogP contribution in [0.4, 0.5) is 0 Å². The number of carbonyl (C=O) groups excluding carboxylic acids is 1. The van der Waals surface area contributed by atoms with Crippen molar-refractivity contribution >= 4 is 27.6 Å². The van der Waals surface area contributed by atoms with Gasteiger partial charge < -0.3 is 9.72 Å². The van der Waals surface area contributed by atoms with Crippen molar-refractivity contribution in [3.05, 3.63) is 84.1 Å². The molecular weight excluding hydrogens is 286 g/mol. The average Bonchev–Trinajstić information content (AvgIpc) is 3.01. The molecule has 0 radical (unpaired) electrons. The summed E-state index contributed by atoms with van der Waals surface area (Å²) in [5.41, 5.74) is 2.39. The summed E-state index contributed by atoms with van der Waals surface area (Å²) in [7, 11) is 0. The molecule has 0 spiro atoms. The summed E-state index contributed by atoms with van der Waals surface area (Å²) in [6, 6.07) is 23.8. The molecule has 0 unspecified atom stereocenters. The van der Waals surface area contributed by atoms with Crippen LogP contribution < -0.4 is 0 Å². The third kappa shape index (κ3) is 2.69. The lowest BCUT2D eigenvalue weighted by Crippen LogP contribution is -2.05. The minimum atomic E-state index is -0.339. The van der Waals surface area contributed by atoms with E-state index in [0.717, 1.165) is 27.2 Å². The third-order valence-electron chi connectivity index (χ3n) is 3.92. The number of ether oxygens (including phenoxy) is 1. The van der Waals surface area contributed by atoms with E-state index >= 15 is 0 Å². The maximum atomic E-state index is 12.2. The summed E-state index contributed by atoms with van der Waals surface area (Å²) >= 11 is 0. The quantitative estimate of drug-likeness (QED) is 0.558. The van der Waals surface area contributed by atoms with Crippen molar-refractivity contribution in [1.82, 2.24) is 4.98 Å². The minimum absolute atomic E-state index is 0.275. The molecule has 0 atom stereocenters. The highest BCUT2D eigenvalue weighted by molar-refractivity contribution is 6.01. The molecule has 1 N–H and O–H groups in total. The number of nitrogens with one attached hydrogen (secondary N) is 1. The summed E-state index contributed by atoms with van der Waals surface area (Å²) in [6.07, 6.45) is 0. The van der Waals surface area contributed by atoms with E-state index in [-0.39, 0.29) is 12.6 Å². The van der Waals surface area contributed by atoms with Crippen molar-refractivity contribution in [2.75, 3.05) is 0 Å². The molecule has 1 aromatic heterocycles. The fourth-order valence-electron chi connectivity index (χ4n) is 2.73. The average molecular weight is 301 g/mol. The molecule has 0 aliphatic carbocycles. The molecule has 0 saturated carbocycles. The number of fused-ring (bicyclic) bond motifs is 2. The highest BCUT2D eigenvalue weighted by Crippen LogP contribution is 2.23. The zero-order chi connectivity index (χ0) is 15.6. The number of aromatic amines is 1. The lowest BCUT2D eigenvalue weighted by Gasteiger charge is -2.02. The van der Waals surface area contributed by atoms with Gasteiger partial charge in [-0.2, -0.15) is 0 Å². The van der Waals surface area contributed by atoms with Gasteiger partial charge in [0.2, 0.25) is 0 Å². The van der Waals surface area contributed by atoms with Crippen molar-refractivity contribution in [2.45, 2.75) is 6.61 Å². The lowest BCUT2D eigenvalue weighted by atomic mass is 10.1. The van der Waals surface area contributed by atoms with E-state index in [1.54, 1.807) is 0 Å². The molecule has 3 nitrogen and oxygen atoms in total. The van der Waals surface area contributed by atoms with E-state index < -0.39 is 0 Å². The second-order valence-electron chi connectivity index (χ2n) is 5.53. The van der Waals surface area contributed by atoms with Gasteiger partial charge in [0.25, 0.3) is 0 Å². The zero-order valence-corrected chi connectivity index (χ0v) is 12.5. The molecular formula is C20H15NO2. The van der Waals surface area contributed by atoms with Crippen LogP contribution in [0, 0.1) is 0 Å². The standard InChI is InChI=1S/C20H15NO2/c22-20(23-13-14-6-2-1-3-7-14)19-12-17-10-15-8-4-5-9-16(15)11-18(17)21-19/h1-12,21H,13H2. The summed E-state index contributed by atoms with van der Waals surface area (Å²) in [6.45, 7) is 0.275. The molecule has 0 aliphatic heterocycles. The van der Waals surface area contributed by atoms with Gasteiger partial charge in [-0.3, -0.25) is 0 Å². The van der Waals surface area contributed by atoms with E-state index in [1.165, 1.54) is 0 Å². The van der Waals surface area contributed by atoms with Gasteiger partial charge in [-0.25, -0.2) is 4.79 Å². The monoisotopic (exact) mass is 301 g/mol. The number of hydrogen-bond acceptors (Lipinski definition) is 2. The minimum Gasteiger partial charge on any atom is -0.456 e. The second kappa shape index (κ2) is 5.61. The molecule has 4 rings (SSSR count). The summed E-state index contributed by atoms with van der Waals surface area (Å²) in [5, 5.41) is 3.31. The molecule has 112 valence electrons. The van der Waals surface area contributed by atoms with Crippen LogP contribution in [0.5, 0.6) is 0 Å². The first-order valence-corrected chi connectivity index (χ1v) is 7.52. The largest absolute Gasteiger partial charge is 0.456 e. The summed E-state index contributed by atoms with van der Waals surface area (Å²) in [5.74, 6) is -0.339. The number of esters is 1. The molecule has 23 heavy (non-hydrogen) atoms. The van der Waals surface area contributed by atoms with Crippen LogP contribution in [0.15, 0.2) is 72.8 Å². The molecule has 0 saturated heterocycles. The van der Waals surface area contributed by atoms with Crippen molar-refractivity contribution in [3.63, 3.8) is 0 Å². The van der Waals surface area contributed by atoms with Gasteiger partial charge in [-0.1, -0.05) is 54.6 Å². The molecule has 3 heteroatoms. The topological polar surface area (TPSA) is 42.1 Å². The molecule has 3 aromatic carbocycles. The van der Waals surface area contributed by atoms with Gasteiger partial charge in [0.1, 0.15) is 12.3 Å². The number of benzene rings is 3. The second-order valence-corrected chi connectivity index (χ2v) is 5.53. The van der Waals surface area contributed by atoms with E-state index in [4.69, 9.17) is 4.74 Å². The van der Waals surface area contributed by atoms with Gasteiger partial charge in [-0.05, 0) is 34.5 Å². The number of H-pyrrole nitrogens is 1. The molecule has 1 heterocycles. The van der Waals surface area contributed by atoms with Crippen molar-refractivity contribution in [1.29, 1.82) is 0 Å². The van der Waals surface area contributed by atoms with E-state index in [9.17, 15) is 4.79 Å². The molecule has 0 aliphatic rings. The summed E-state index contributed by atoms with van der Waals surface area (Å²) in [4.78, 5) is 15.4. The normalized spacial score (nSPS) is 11.0.